The van der Waals surface area contributed by atoms with Crippen LogP contribution in [0.2, 0.25) is 10.0 Å². The maximum Gasteiger partial charge on any atom is 0.259 e. The van der Waals surface area contributed by atoms with Crippen molar-refractivity contribution in [2.45, 2.75) is 6.54 Å². The predicted octanol–water partition coefficient (Wildman–Crippen LogP) is 4.84. The molecule has 0 aliphatic heterocycles. The summed E-state index contributed by atoms with van der Waals surface area (Å²) < 4.78 is 6.76. The van der Waals surface area contributed by atoms with E-state index in [2.05, 4.69) is 26.2 Å². The number of aromatic nitrogens is 4. The summed E-state index contributed by atoms with van der Waals surface area (Å²) in [5.74, 6) is -0.0716. The largest absolute Gasteiger partial charge is 0.496 e. The van der Waals surface area contributed by atoms with E-state index in [-0.39, 0.29) is 5.56 Å². The molecule has 0 atom stereocenters. The van der Waals surface area contributed by atoms with Gasteiger partial charge in [0.2, 0.25) is 0 Å². The smallest absolute Gasteiger partial charge is 0.259 e. The first-order valence-electron chi connectivity index (χ1n) is 9.54. The Bertz CT molecular complexity index is 1230. The Balaban J connectivity index is 1.50. The van der Waals surface area contributed by atoms with E-state index >= 15 is 0 Å². The van der Waals surface area contributed by atoms with Crippen molar-refractivity contribution in [3.63, 3.8) is 0 Å². The fourth-order valence-electron chi connectivity index (χ4n) is 3.06. The zero-order chi connectivity index (χ0) is 22.5. The second kappa shape index (κ2) is 9.67. The van der Waals surface area contributed by atoms with E-state index in [1.54, 1.807) is 18.2 Å². The number of methoxy groups -OCH3 is 1. The van der Waals surface area contributed by atoms with Crippen LogP contribution in [0.5, 0.6) is 5.75 Å². The summed E-state index contributed by atoms with van der Waals surface area (Å²) in [6, 6.07) is 18.3. The average molecular weight is 469 g/mol. The van der Waals surface area contributed by atoms with Crippen LogP contribution in [0.3, 0.4) is 0 Å². The van der Waals surface area contributed by atoms with Gasteiger partial charge in [-0.15, -0.1) is 5.10 Å². The average Bonchev–Trinajstić information content (AvgIpc) is 3.33. The molecule has 0 radical (unpaired) electrons. The van der Waals surface area contributed by atoms with Crippen molar-refractivity contribution in [2.75, 3.05) is 17.7 Å². The summed E-state index contributed by atoms with van der Waals surface area (Å²) in [6.45, 7) is 0.635. The second-order valence-corrected chi connectivity index (χ2v) is 7.56. The van der Waals surface area contributed by atoms with Gasteiger partial charge in [-0.05, 0) is 40.3 Å². The Morgan fingerprint density at radius 1 is 1.06 bits per heavy atom. The number of benzene rings is 3. The lowest BCUT2D eigenvalue weighted by molar-refractivity contribution is 0.102. The minimum atomic E-state index is -0.395. The number of carbonyl (C=O) groups excluding carboxylic acids is 1. The lowest BCUT2D eigenvalue weighted by Gasteiger charge is -2.14. The van der Waals surface area contributed by atoms with Gasteiger partial charge < -0.3 is 15.4 Å². The normalized spacial score (nSPS) is 10.6. The molecule has 4 rings (SSSR count). The molecule has 0 spiro atoms. The predicted molar refractivity (Wildman–Crippen MR) is 124 cm³/mol. The van der Waals surface area contributed by atoms with Gasteiger partial charge in [0.05, 0.1) is 34.1 Å². The van der Waals surface area contributed by atoms with E-state index < -0.39 is 5.91 Å². The fraction of sp³-hybridized carbons (Fsp3) is 0.0909. The number of tetrazole rings is 1. The number of anilines is 2. The van der Waals surface area contributed by atoms with Gasteiger partial charge in [-0.3, -0.25) is 4.79 Å². The molecule has 4 aromatic rings. The van der Waals surface area contributed by atoms with Crippen LogP contribution < -0.4 is 15.4 Å². The van der Waals surface area contributed by atoms with Gasteiger partial charge in [-0.2, -0.15) is 4.68 Å². The van der Waals surface area contributed by atoms with Gasteiger partial charge in [0, 0.05) is 18.3 Å². The highest BCUT2D eigenvalue weighted by Gasteiger charge is 2.18. The van der Waals surface area contributed by atoms with Crippen molar-refractivity contribution in [3.8, 4) is 11.4 Å². The highest BCUT2D eigenvalue weighted by atomic mass is 35.5. The zero-order valence-corrected chi connectivity index (χ0v) is 18.4. The molecule has 1 heterocycles. The van der Waals surface area contributed by atoms with Crippen LogP contribution in [0.15, 0.2) is 67.0 Å². The number of amides is 1. The molecular formula is C22H18Cl2N6O2. The van der Waals surface area contributed by atoms with E-state index in [9.17, 15) is 4.79 Å². The highest BCUT2D eigenvalue weighted by Crippen LogP contribution is 2.31. The van der Waals surface area contributed by atoms with Crippen LogP contribution in [0.25, 0.3) is 5.69 Å². The summed E-state index contributed by atoms with van der Waals surface area (Å²) in [5.41, 5.74) is 3.18. The van der Waals surface area contributed by atoms with Gasteiger partial charge in [0.1, 0.15) is 12.1 Å². The molecule has 2 N–H and O–H groups in total. The summed E-state index contributed by atoms with van der Waals surface area (Å²) in [4.78, 5) is 12.9. The van der Waals surface area contributed by atoms with Crippen LogP contribution in [0, 0.1) is 0 Å². The highest BCUT2D eigenvalue weighted by molar-refractivity contribution is 6.34. The second-order valence-electron chi connectivity index (χ2n) is 6.75. The molecule has 3 aromatic carbocycles. The SMILES string of the molecule is COc1cc(-n2cnnn2)c(Cl)cc1C(=O)Nc1ccc(NCc2ccccc2)c(Cl)c1. The van der Waals surface area contributed by atoms with Crippen molar-refractivity contribution in [2.24, 2.45) is 0 Å². The first-order chi connectivity index (χ1) is 15.5. The minimum Gasteiger partial charge on any atom is -0.496 e. The van der Waals surface area contributed by atoms with Crippen LogP contribution >= 0.6 is 23.2 Å². The number of carbonyl (C=O) groups is 1. The standard InChI is InChI=1S/C22H18Cl2N6O2/c1-32-21-11-20(30-13-26-28-29-30)18(24)10-16(21)22(31)27-15-7-8-19(17(23)9-15)25-12-14-5-3-2-4-6-14/h2-11,13,25H,12H2,1H3,(H,27,31). The number of halogens is 2. The Kier molecular flexibility index (Phi) is 6.53. The molecular weight excluding hydrogens is 451 g/mol. The van der Waals surface area contributed by atoms with E-state index in [0.29, 0.717) is 33.7 Å². The van der Waals surface area contributed by atoms with Crippen molar-refractivity contribution < 1.29 is 9.53 Å². The molecule has 0 aliphatic rings. The maximum atomic E-state index is 12.9. The number of rotatable bonds is 7. The Morgan fingerprint density at radius 2 is 1.88 bits per heavy atom. The molecule has 0 saturated heterocycles. The van der Waals surface area contributed by atoms with Crippen LogP contribution in [0.1, 0.15) is 15.9 Å². The summed E-state index contributed by atoms with van der Waals surface area (Å²) in [6.07, 6.45) is 1.40. The summed E-state index contributed by atoms with van der Waals surface area (Å²) >= 11 is 12.8. The summed E-state index contributed by atoms with van der Waals surface area (Å²) in [5, 5.41) is 17.9. The van der Waals surface area contributed by atoms with Gasteiger partial charge in [-0.1, -0.05) is 53.5 Å². The molecule has 0 aliphatic carbocycles. The molecule has 162 valence electrons. The molecule has 0 unspecified atom stereocenters. The van der Waals surface area contributed by atoms with Crippen molar-refractivity contribution in [1.29, 1.82) is 0 Å². The molecule has 0 fully saturated rings. The Labute approximate surface area is 194 Å². The number of hydrogen-bond donors (Lipinski definition) is 2. The van der Waals surface area contributed by atoms with E-state index in [1.807, 2.05) is 36.4 Å². The zero-order valence-electron chi connectivity index (χ0n) is 16.9. The van der Waals surface area contributed by atoms with E-state index in [4.69, 9.17) is 27.9 Å². The third kappa shape index (κ3) is 4.82. The van der Waals surface area contributed by atoms with Crippen LogP contribution in [-0.4, -0.2) is 33.2 Å². The lowest BCUT2D eigenvalue weighted by Crippen LogP contribution is -2.14. The van der Waals surface area contributed by atoms with Gasteiger partial charge in [0.15, 0.2) is 0 Å². The molecule has 8 nitrogen and oxygen atoms in total. The topological polar surface area (TPSA) is 94.0 Å². The lowest BCUT2D eigenvalue weighted by atomic mass is 10.1. The number of nitrogens with one attached hydrogen (secondary N) is 2. The van der Waals surface area contributed by atoms with Gasteiger partial charge in [0.25, 0.3) is 5.91 Å². The molecule has 32 heavy (non-hydrogen) atoms. The van der Waals surface area contributed by atoms with E-state index in [1.165, 1.54) is 24.2 Å². The van der Waals surface area contributed by atoms with Gasteiger partial charge in [-0.25, -0.2) is 0 Å². The van der Waals surface area contributed by atoms with E-state index in [0.717, 1.165) is 11.3 Å². The number of ether oxygens (including phenoxy) is 1. The molecule has 1 amide bonds. The third-order valence-corrected chi connectivity index (χ3v) is 5.28. The maximum absolute atomic E-state index is 12.9. The van der Waals surface area contributed by atoms with Crippen LogP contribution in [-0.2, 0) is 6.54 Å². The molecule has 1 aromatic heterocycles. The molecule has 10 heteroatoms. The minimum absolute atomic E-state index is 0.261. The monoisotopic (exact) mass is 468 g/mol. The fourth-order valence-corrected chi connectivity index (χ4v) is 3.56. The third-order valence-electron chi connectivity index (χ3n) is 4.66. The van der Waals surface area contributed by atoms with Crippen molar-refractivity contribution in [3.05, 3.63) is 88.2 Å². The first kappa shape index (κ1) is 21.6. The molecule has 0 bridgehead atoms. The molecule has 0 saturated carbocycles. The number of hydrogen-bond acceptors (Lipinski definition) is 6. The quantitative estimate of drug-likeness (QED) is 0.402. The Hall–Kier alpha value is -3.62. The van der Waals surface area contributed by atoms with Crippen molar-refractivity contribution in [1.82, 2.24) is 20.2 Å². The van der Waals surface area contributed by atoms with Crippen molar-refractivity contribution >= 4 is 40.5 Å². The first-order valence-corrected chi connectivity index (χ1v) is 10.3. The van der Waals surface area contributed by atoms with Crippen LogP contribution in [0.4, 0.5) is 11.4 Å². The summed E-state index contributed by atoms with van der Waals surface area (Å²) in [7, 11) is 1.47. The number of nitrogens with zero attached hydrogens (tertiary/aromatic N) is 4. The Morgan fingerprint density at radius 3 is 2.56 bits per heavy atom. The van der Waals surface area contributed by atoms with Gasteiger partial charge >= 0.3 is 0 Å².